The van der Waals surface area contributed by atoms with Gasteiger partial charge in [-0.15, -0.1) is 0 Å². The molecule has 0 fully saturated rings. The van der Waals surface area contributed by atoms with E-state index in [4.69, 9.17) is 5.73 Å². The molecule has 102 valence electrons. The highest BCUT2D eigenvalue weighted by molar-refractivity contribution is 7.89. The number of sulfonamides is 1. The van der Waals surface area contributed by atoms with Crippen LogP contribution in [0.5, 0.6) is 0 Å². The molecule has 0 aliphatic rings. The third-order valence-corrected chi connectivity index (χ3v) is 4.45. The molecule has 1 rings (SSSR count). The maximum Gasteiger partial charge on any atom is 0.240 e. The molecule has 1 aromatic rings. The van der Waals surface area contributed by atoms with E-state index in [0.29, 0.717) is 18.2 Å². The van der Waals surface area contributed by atoms with Crippen molar-refractivity contribution in [2.24, 2.45) is 5.92 Å². The van der Waals surface area contributed by atoms with Crippen molar-refractivity contribution < 1.29 is 8.42 Å². The van der Waals surface area contributed by atoms with Crippen molar-refractivity contribution in [3.63, 3.8) is 0 Å². The predicted octanol–water partition coefficient (Wildman–Crippen LogP) is 2.21. The first-order chi connectivity index (χ1) is 8.24. The molecule has 0 heterocycles. The van der Waals surface area contributed by atoms with E-state index in [1.807, 2.05) is 13.8 Å². The number of nitrogen functional groups attached to an aromatic ring is 1. The topological polar surface area (TPSA) is 72.2 Å². The molecule has 5 heteroatoms. The summed E-state index contributed by atoms with van der Waals surface area (Å²) in [6.07, 6.45) is 0.819. The lowest BCUT2D eigenvalue weighted by molar-refractivity contribution is 0.551. The number of nitrogens with two attached hydrogens (primary N) is 1. The summed E-state index contributed by atoms with van der Waals surface area (Å²) in [5.41, 5.74) is 8.13. The first kappa shape index (κ1) is 15.0. The molecule has 0 aromatic heterocycles. The zero-order valence-electron chi connectivity index (χ0n) is 11.4. The summed E-state index contributed by atoms with van der Waals surface area (Å²) in [6, 6.07) is 3.17. The first-order valence-electron chi connectivity index (χ1n) is 6.10. The van der Waals surface area contributed by atoms with E-state index in [0.717, 1.165) is 17.5 Å². The molecule has 0 unspecified atom stereocenters. The second kappa shape index (κ2) is 5.71. The monoisotopic (exact) mass is 270 g/mol. The maximum atomic E-state index is 12.1. The van der Waals surface area contributed by atoms with Crippen molar-refractivity contribution in [3.05, 3.63) is 23.3 Å². The summed E-state index contributed by atoms with van der Waals surface area (Å²) in [7, 11) is -3.45. The number of anilines is 1. The second-order valence-electron chi connectivity index (χ2n) is 5.03. The Hall–Kier alpha value is -1.07. The van der Waals surface area contributed by atoms with E-state index in [-0.39, 0.29) is 4.90 Å². The predicted molar refractivity (Wildman–Crippen MR) is 75.0 cm³/mol. The molecule has 0 aliphatic carbocycles. The van der Waals surface area contributed by atoms with Gasteiger partial charge in [0.15, 0.2) is 0 Å². The number of hydrogen-bond acceptors (Lipinski definition) is 3. The van der Waals surface area contributed by atoms with E-state index in [9.17, 15) is 8.42 Å². The molecule has 0 aliphatic heterocycles. The van der Waals surface area contributed by atoms with Crippen LogP contribution in [0.3, 0.4) is 0 Å². The van der Waals surface area contributed by atoms with Crippen LogP contribution < -0.4 is 10.5 Å². The molecule has 3 N–H and O–H groups in total. The highest BCUT2D eigenvalue weighted by Gasteiger charge is 2.15. The summed E-state index contributed by atoms with van der Waals surface area (Å²) in [5, 5.41) is 0. The van der Waals surface area contributed by atoms with Gasteiger partial charge in [0.25, 0.3) is 0 Å². The van der Waals surface area contributed by atoms with E-state index >= 15 is 0 Å². The van der Waals surface area contributed by atoms with Gasteiger partial charge in [-0.05, 0) is 49.4 Å². The molecule has 0 bridgehead atoms. The Kier molecular flexibility index (Phi) is 4.76. The first-order valence-corrected chi connectivity index (χ1v) is 7.58. The Morgan fingerprint density at radius 2 is 1.89 bits per heavy atom. The number of hydrogen-bond donors (Lipinski definition) is 2. The fraction of sp³-hybridized carbons (Fsp3) is 0.538. The molecule has 0 saturated heterocycles. The zero-order valence-corrected chi connectivity index (χ0v) is 12.3. The SMILES string of the molecule is Cc1cc(S(=O)(=O)NCCC(C)C)cc(N)c1C. The van der Waals surface area contributed by atoms with Crippen LogP contribution in [0.2, 0.25) is 0 Å². The van der Waals surface area contributed by atoms with Gasteiger partial charge in [0.1, 0.15) is 0 Å². The van der Waals surface area contributed by atoms with Crippen LogP contribution in [0.4, 0.5) is 5.69 Å². The fourth-order valence-corrected chi connectivity index (χ4v) is 2.74. The van der Waals surface area contributed by atoms with Gasteiger partial charge in [0.05, 0.1) is 4.90 Å². The van der Waals surface area contributed by atoms with Crippen LogP contribution in [0, 0.1) is 19.8 Å². The average Bonchev–Trinajstić information content (AvgIpc) is 2.24. The Morgan fingerprint density at radius 1 is 1.28 bits per heavy atom. The number of nitrogens with one attached hydrogen (secondary N) is 1. The van der Waals surface area contributed by atoms with Crippen molar-refractivity contribution in [1.29, 1.82) is 0 Å². The third-order valence-electron chi connectivity index (χ3n) is 3.01. The van der Waals surface area contributed by atoms with E-state index in [2.05, 4.69) is 18.6 Å². The molecule has 18 heavy (non-hydrogen) atoms. The van der Waals surface area contributed by atoms with E-state index in [1.54, 1.807) is 6.07 Å². The lowest BCUT2D eigenvalue weighted by atomic mass is 10.1. The number of aryl methyl sites for hydroxylation is 1. The Labute approximate surface area is 110 Å². The van der Waals surface area contributed by atoms with Crippen molar-refractivity contribution in [2.45, 2.75) is 39.0 Å². The quantitative estimate of drug-likeness (QED) is 0.806. The molecule has 0 atom stereocenters. The summed E-state index contributed by atoms with van der Waals surface area (Å²) in [4.78, 5) is 0.242. The van der Waals surface area contributed by atoms with Gasteiger partial charge >= 0.3 is 0 Å². The van der Waals surface area contributed by atoms with Crippen molar-refractivity contribution >= 4 is 15.7 Å². The van der Waals surface area contributed by atoms with Crippen LogP contribution in [0.15, 0.2) is 17.0 Å². The summed E-state index contributed by atoms with van der Waals surface area (Å²) in [6.45, 7) is 8.31. The van der Waals surface area contributed by atoms with Gasteiger partial charge in [-0.2, -0.15) is 0 Å². The average molecular weight is 270 g/mol. The van der Waals surface area contributed by atoms with E-state index in [1.165, 1.54) is 6.07 Å². The standard InChI is InChI=1S/C13H22N2O2S/c1-9(2)5-6-15-18(16,17)12-7-10(3)11(4)13(14)8-12/h7-9,15H,5-6,14H2,1-4H3. The van der Waals surface area contributed by atoms with Crippen LogP contribution in [0.25, 0.3) is 0 Å². The van der Waals surface area contributed by atoms with Gasteiger partial charge in [0, 0.05) is 12.2 Å². The van der Waals surface area contributed by atoms with Crippen molar-refractivity contribution in [2.75, 3.05) is 12.3 Å². The Balaban J connectivity index is 2.92. The summed E-state index contributed by atoms with van der Waals surface area (Å²) >= 11 is 0. The molecule has 0 amide bonds. The molecular formula is C13H22N2O2S. The normalized spacial score (nSPS) is 12.1. The molecule has 0 spiro atoms. The number of rotatable bonds is 5. The Bertz CT molecular complexity index is 499. The minimum absolute atomic E-state index is 0.242. The maximum absolute atomic E-state index is 12.1. The van der Waals surface area contributed by atoms with Crippen LogP contribution >= 0.6 is 0 Å². The Morgan fingerprint density at radius 3 is 2.39 bits per heavy atom. The summed E-state index contributed by atoms with van der Waals surface area (Å²) in [5.74, 6) is 0.470. The molecular weight excluding hydrogens is 248 g/mol. The van der Waals surface area contributed by atoms with E-state index < -0.39 is 10.0 Å². The third kappa shape index (κ3) is 3.71. The minimum Gasteiger partial charge on any atom is -0.398 e. The lowest BCUT2D eigenvalue weighted by Gasteiger charge is -2.11. The fourth-order valence-electron chi connectivity index (χ4n) is 1.57. The lowest BCUT2D eigenvalue weighted by Crippen LogP contribution is -2.26. The van der Waals surface area contributed by atoms with Crippen LogP contribution in [0.1, 0.15) is 31.4 Å². The number of benzene rings is 1. The zero-order chi connectivity index (χ0) is 13.9. The molecule has 0 radical (unpaired) electrons. The van der Waals surface area contributed by atoms with Gasteiger partial charge in [-0.25, -0.2) is 13.1 Å². The summed E-state index contributed by atoms with van der Waals surface area (Å²) < 4.78 is 26.7. The van der Waals surface area contributed by atoms with Crippen molar-refractivity contribution in [3.8, 4) is 0 Å². The molecule has 1 aromatic carbocycles. The molecule has 4 nitrogen and oxygen atoms in total. The highest BCUT2D eigenvalue weighted by atomic mass is 32.2. The molecule has 0 saturated carbocycles. The smallest absolute Gasteiger partial charge is 0.240 e. The van der Waals surface area contributed by atoms with Gasteiger partial charge in [-0.1, -0.05) is 13.8 Å². The largest absolute Gasteiger partial charge is 0.398 e. The van der Waals surface area contributed by atoms with Crippen molar-refractivity contribution in [1.82, 2.24) is 4.72 Å². The van der Waals surface area contributed by atoms with Crippen LogP contribution in [-0.4, -0.2) is 15.0 Å². The van der Waals surface area contributed by atoms with Gasteiger partial charge in [-0.3, -0.25) is 0 Å². The highest BCUT2D eigenvalue weighted by Crippen LogP contribution is 2.21. The minimum atomic E-state index is -3.45. The van der Waals surface area contributed by atoms with Gasteiger partial charge < -0.3 is 5.73 Å². The van der Waals surface area contributed by atoms with Gasteiger partial charge in [0.2, 0.25) is 10.0 Å². The van der Waals surface area contributed by atoms with Crippen LogP contribution in [-0.2, 0) is 10.0 Å². The second-order valence-corrected chi connectivity index (χ2v) is 6.80.